The number of imide groups is 1. The highest BCUT2D eigenvalue weighted by atomic mass is 16.5. The number of benzene rings is 1. The van der Waals surface area contributed by atoms with Gasteiger partial charge in [-0.05, 0) is 25.3 Å². The van der Waals surface area contributed by atoms with E-state index in [1.807, 2.05) is 51.1 Å². The molecule has 1 aliphatic heterocycles. The lowest BCUT2D eigenvalue weighted by atomic mass is 9.91. The first kappa shape index (κ1) is 23.4. The molecule has 30 heavy (non-hydrogen) atoms. The molecule has 0 unspecified atom stereocenters. The maximum Gasteiger partial charge on any atom is 0.321 e. The Labute approximate surface area is 177 Å². The number of carbonyl (C=O) groups is 4. The first-order valence-electron chi connectivity index (χ1n) is 10.2. The summed E-state index contributed by atoms with van der Waals surface area (Å²) in [7, 11) is 0. The SMILES string of the molecule is C[C@H](OC(=O)C1CCN(C(=O)C(C)(C)C)CC1)C(=O)NC(=O)NCc1ccccc1. The van der Waals surface area contributed by atoms with Gasteiger partial charge in [-0.15, -0.1) is 0 Å². The van der Waals surface area contributed by atoms with Gasteiger partial charge in [0.1, 0.15) is 0 Å². The summed E-state index contributed by atoms with van der Waals surface area (Å²) in [6.45, 7) is 8.27. The third-order valence-corrected chi connectivity index (χ3v) is 4.95. The van der Waals surface area contributed by atoms with Gasteiger partial charge in [-0.3, -0.25) is 19.7 Å². The van der Waals surface area contributed by atoms with Crippen molar-refractivity contribution in [3.05, 3.63) is 35.9 Å². The summed E-state index contributed by atoms with van der Waals surface area (Å²) in [5.74, 6) is -1.47. The highest BCUT2D eigenvalue weighted by Gasteiger charge is 2.34. The fourth-order valence-electron chi connectivity index (χ4n) is 3.15. The van der Waals surface area contributed by atoms with E-state index in [0.29, 0.717) is 25.9 Å². The molecule has 0 radical (unpaired) electrons. The van der Waals surface area contributed by atoms with Crippen LogP contribution in [-0.4, -0.2) is 47.9 Å². The highest BCUT2D eigenvalue weighted by molar-refractivity contribution is 5.97. The molecule has 1 heterocycles. The van der Waals surface area contributed by atoms with Crippen LogP contribution in [0.3, 0.4) is 0 Å². The Morgan fingerprint density at radius 2 is 1.70 bits per heavy atom. The van der Waals surface area contributed by atoms with Crippen LogP contribution in [0.2, 0.25) is 0 Å². The van der Waals surface area contributed by atoms with Crippen molar-refractivity contribution in [1.82, 2.24) is 15.5 Å². The molecular formula is C22H31N3O5. The average Bonchev–Trinajstić information content (AvgIpc) is 2.71. The van der Waals surface area contributed by atoms with Crippen LogP contribution in [0.4, 0.5) is 4.79 Å². The Bertz CT molecular complexity index is 765. The van der Waals surface area contributed by atoms with Gasteiger partial charge in [-0.2, -0.15) is 0 Å². The zero-order valence-corrected chi connectivity index (χ0v) is 18.1. The number of carbonyl (C=O) groups excluding carboxylic acids is 4. The van der Waals surface area contributed by atoms with E-state index in [4.69, 9.17) is 4.74 Å². The summed E-state index contributed by atoms with van der Waals surface area (Å²) < 4.78 is 5.24. The van der Waals surface area contributed by atoms with Crippen LogP contribution < -0.4 is 10.6 Å². The van der Waals surface area contributed by atoms with Crippen molar-refractivity contribution in [1.29, 1.82) is 0 Å². The molecule has 0 aromatic heterocycles. The Morgan fingerprint density at radius 1 is 1.10 bits per heavy atom. The van der Waals surface area contributed by atoms with Gasteiger partial charge in [-0.1, -0.05) is 51.1 Å². The van der Waals surface area contributed by atoms with Gasteiger partial charge in [0.15, 0.2) is 6.10 Å². The lowest BCUT2D eigenvalue weighted by Gasteiger charge is -2.35. The van der Waals surface area contributed by atoms with Crippen LogP contribution in [0.1, 0.15) is 46.1 Å². The van der Waals surface area contributed by atoms with Gasteiger partial charge in [-0.25, -0.2) is 4.79 Å². The second kappa shape index (κ2) is 10.2. The standard InChI is InChI=1S/C22H31N3O5/c1-15(18(26)24-21(29)23-14-16-8-6-5-7-9-16)30-19(27)17-10-12-25(13-11-17)20(28)22(2,3)4/h5-9,15,17H,10-14H2,1-4H3,(H2,23,24,26,29)/t15-/m0/s1. The Kier molecular flexibility index (Phi) is 7.97. The van der Waals surface area contributed by atoms with Crippen LogP contribution in [0.15, 0.2) is 30.3 Å². The van der Waals surface area contributed by atoms with Gasteiger partial charge in [0.2, 0.25) is 5.91 Å². The summed E-state index contributed by atoms with van der Waals surface area (Å²) in [5.41, 5.74) is 0.442. The van der Waals surface area contributed by atoms with Crippen molar-refractivity contribution in [3.8, 4) is 0 Å². The molecule has 1 atom stereocenters. The van der Waals surface area contributed by atoms with Crippen LogP contribution >= 0.6 is 0 Å². The molecule has 0 saturated carbocycles. The van der Waals surface area contributed by atoms with E-state index in [1.54, 1.807) is 4.90 Å². The molecule has 0 spiro atoms. The lowest BCUT2D eigenvalue weighted by molar-refractivity contribution is -0.161. The molecule has 2 rings (SSSR count). The van der Waals surface area contributed by atoms with Gasteiger partial charge in [0.25, 0.3) is 5.91 Å². The van der Waals surface area contributed by atoms with E-state index in [9.17, 15) is 19.2 Å². The molecule has 164 valence electrons. The smallest absolute Gasteiger partial charge is 0.321 e. The molecule has 0 aliphatic carbocycles. The average molecular weight is 418 g/mol. The number of amides is 4. The van der Waals surface area contributed by atoms with Crippen LogP contribution in [0.5, 0.6) is 0 Å². The fourth-order valence-corrected chi connectivity index (χ4v) is 3.15. The number of likely N-dealkylation sites (tertiary alicyclic amines) is 1. The van der Waals surface area contributed by atoms with Crippen molar-refractivity contribution in [2.75, 3.05) is 13.1 Å². The first-order chi connectivity index (χ1) is 14.1. The number of rotatable bonds is 5. The summed E-state index contributed by atoms with van der Waals surface area (Å²) in [5, 5.41) is 4.76. The lowest BCUT2D eigenvalue weighted by Crippen LogP contribution is -2.47. The molecule has 0 bridgehead atoms. The highest BCUT2D eigenvalue weighted by Crippen LogP contribution is 2.24. The third-order valence-electron chi connectivity index (χ3n) is 4.95. The number of esters is 1. The minimum atomic E-state index is -1.09. The summed E-state index contributed by atoms with van der Waals surface area (Å²) in [6.07, 6.45) is -0.103. The number of urea groups is 1. The minimum absolute atomic E-state index is 0.0589. The number of hydrogen-bond donors (Lipinski definition) is 2. The molecule has 1 saturated heterocycles. The molecule has 8 heteroatoms. The zero-order chi connectivity index (χ0) is 22.3. The number of nitrogens with one attached hydrogen (secondary N) is 2. The van der Waals surface area contributed by atoms with Crippen molar-refractivity contribution >= 4 is 23.8 Å². The van der Waals surface area contributed by atoms with Crippen molar-refractivity contribution in [2.24, 2.45) is 11.3 Å². The van der Waals surface area contributed by atoms with Crippen molar-refractivity contribution in [3.63, 3.8) is 0 Å². The minimum Gasteiger partial charge on any atom is -0.452 e. The van der Waals surface area contributed by atoms with E-state index in [1.165, 1.54) is 6.92 Å². The topological polar surface area (TPSA) is 105 Å². The fraction of sp³-hybridized carbons (Fsp3) is 0.545. The molecule has 1 fully saturated rings. The monoisotopic (exact) mass is 417 g/mol. The Balaban J connectivity index is 1.74. The van der Waals surface area contributed by atoms with E-state index >= 15 is 0 Å². The van der Waals surface area contributed by atoms with Crippen LogP contribution in [0.25, 0.3) is 0 Å². The second-order valence-corrected chi connectivity index (χ2v) is 8.55. The number of piperidine rings is 1. The van der Waals surface area contributed by atoms with Gasteiger partial charge >= 0.3 is 12.0 Å². The molecule has 2 N–H and O–H groups in total. The van der Waals surface area contributed by atoms with Crippen molar-refractivity contribution < 1.29 is 23.9 Å². The molecule has 8 nitrogen and oxygen atoms in total. The zero-order valence-electron chi connectivity index (χ0n) is 18.1. The normalized spacial score (nSPS) is 15.8. The summed E-state index contributed by atoms with van der Waals surface area (Å²) in [4.78, 5) is 50.5. The predicted octanol–water partition coefficient (Wildman–Crippen LogP) is 2.23. The van der Waals surface area contributed by atoms with Crippen LogP contribution in [0, 0.1) is 11.3 Å². The van der Waals surface area contributed by atoms with E-state index < -0.39 is 29.4 Å². The first-order valence-corrected chi connectivity index (χ1v) is 10.2. The van der Waals surface area contributed by atoms with E-state index in [2.05, 4.69) is 10.6 Å². The van der Waals surface area contributed by atoms with Crippen LogP contribution in [-0.2, 0) is 25.7 Å². The molecule has 4 amide bonds. The molecular weight excluding hydrogens is 386 g/mol. The summed E-state index contributed by atoms with van der Waals surface area (Å²) >= 11 is 0. The van der Waals surface area contributed by atoms with E-state index in [-0.39, 0.29) is 18.4 Å². The van der Waals surface area contributed by atoms with Gasteiger partial charge < -0.3 is 15.0 Å². The Hall–Kier alpha value is -2.90. The number of ether oxygens (including phenoxy) is 1. The van der Waals surface area contributed by atoms with E-state index in [0.717, 1.165) is 5.56 Å². The molecule has 1 aliphatic rings. The number of hydrogen-bond acceptors (Lipinski definition) is 5. The molecule has 1 aromatic rings. The van der Waals surface area contributed by atoms with Gasteiger partial charge in [0, 0.05) is 25.0 Å². The maximum absolute atomic E-state index is 12.4. The van der Waals surface area contributed by atoms with Gasteiger partial charge in [0.05, 0.1) is 5.92 Å². The number of nitrogens with zero attached hydrogens (tertiary/aromatic N) is 1. The van der Waals surface area contributed by atoms with Crippen molar-refractivity contribution in [2.45, 2.75) is 53.2 Å². The quantitative estimate of drug-likeness (QED) is 0.715. The molecule has 1 aromatic carbocycles. The summed E-state index contributed by atoms with van der Waals surface area (Å²) in [6, 6.07) is 8.63. The third kappa shape index (κ3) is 6.86. The largest absolute Gasteiger partial charge is 0.452 e. The Morgan fingerprint density at radius 3 is 2.27 bits per heavy atom. The second-order valence-electron chi connectivity index (χ2n) is 8.55. The maximum atomic E-state index is 12.4. The predicted molar refractivity (Wildman–Crippen MR) is 111 cm³/mol.